The summed E-state index contributed by atoms with van der Waals surface area (Å²) in [5.41, 5.74) is 2.71. The molecule has 2 aliphatic heterocycles. The van der Waals surface area contributed by atoms with Crippen LogP contribution in [0.1, 0.15) is 36.5 Å². The van der Waals surface area contributed by atoms with E-state index in [0.29, 0.717) is 48.9 Å². The van der Waals surface area contributed by atoms with Crippen LogP contribution in [0.25, 0.3) is 5.57 Å². The number of hydrogen-bond donors (Lipinski definition) is 0. The lowest BCUT2D eigenvalue weighted by Gasteiger charge is -2.43. The Kier molecular flexibility index (Phi) is 5.82. The maximum atomic E-state index is 13.5. The van der Waals surface area contributed by atoms with Gasteiger partial charge >= 0.3 is 0 Å². The normalized spacial score (nSPS) is 20.1. The van der Waals surface area contributed by atoms with Gasteiger partial charge in [0.1, 0.15) is 11.3 Å². The summed E-state index contributed by atoms with van der Waals surface area (Å²) in [6.07, 6.45) is 1.34. The predicted molar refractivity (Wildman–Crippen MR) is 104 cm³/mol. The molecule has 0 aromatic heterocycles. The number of methoxy groups -OCH3 is 1. The lowest BCUT2D eigenvalue weighted by atomic mass is 9.85. The van der Waals surface area contributed by atoms with E-state index >= 15 is 0 Å². The molecular formula is C20H27ClN2O4. The number of carbonyl (C=O) groups excluding carboxylic acids is 1. The Hall–Kier alpha value is -1.60. The van der Waals surface area contributed by atoms with E-state index in [4.69, 9.17) is 26.0 Å². The predicted octanol–water partition coefficient (Wildman–Crippen LogP) is 3.50. The maximum Gasteiger partial charge on any atom is 0.282 e. The Labute approximate surface area is 165 Å². The fourth-order valence-corrected chi connectivity index (χ4v) is 4.64. The van der Waals surface area contributed by atoms with Crippen LogP contribution in [-0.2, 0) is 19.2 Å². The molecule has 0 saturated carbocycles. The van der Waals surface area contributed by atoms with Crippen molar-refractivity contribution in [1.29, 1.82) is 0 Å². The molecule has 148 valence electrons. The molecule has 0 atom stereocenters. The van der Waals surface area contributed by atoms with Crippen molar-refractivity contribution in [1.82, 2.24) is 10.1 Å². The number of benzene rings is 1. The molecule has 6 nitrogen and oxygen atoms in total. The lowest BCUT2D eigenvalue weighted by Crippen LogP contribution is -2.55. The van der Waals surface area contributed by atoms with E-state index in [1.165, 1.54) is 5.06 Å². The van der Waals surface area contributed by atoms with Gasteiger partial charge in [-0.25, -0.2) is 5.06 Å². The van der Waals surface area contributed by atoms with Crippen molar-refractivity contribution in [3.8, 4) is 0 Å². The number of ether oxygens (including phenoxy) is 1. The van der Waals surface area contributed by atoms with Crippen LogP contribution < -0.4 is 0 Å². The molecule has 1 spiro atoms. The number of nitrogens with zero attached hydrogens (tertiary/aromatic N) is 2. The third-order valence-electron chi connectivity index (χ3n) is 5.45. The molecule has 0 bridgehead atoms. The summed E-state index contributed by atoms with van der Waals surface area (Å²) >= 11 is 6.20. The number of rotatable bonds is 5. The summed E-state index contributed by atoms with van der Waals surface area (Å²) in [7, 11) is 3.29. The van der Waals surface area contributed by atoms with Crippen molar-refractivity contribution < 1.29 is 19.2 Å². The molecule has 7 heteroatoms. The number of hydroxylamine groups is 4. The molecule has 1 amide bonds. The van der Waals surface area contributed by atoms with Crippen LogP contribution in [0.2, 0.25) is 5.02 Å². The average molecular weight is 395 g/mol. The minimum atomic E-state index is -0.620. The molecule has 1 saturated heterocycles. The fraction of sp³-hybridized carbons (Fsp3) is 0.550. The molecule has 0 radical (unpaired) electrons. The average Bonchev–Trinajstić information content (AvgIpc) is 2.84. The Morgan fingerprint density at radius 1 is 1.15 bits per heavy atom. The molecule has 1 fully saturated rings. The second-order valence-electron chi connectivity index (χ2n) is 6.98. The zero-order valence-corrected chi connectivity index (χ0v) is 17.4. The maximum absolute atomic E-state index is 13.5. The SMILES string of the molecule is CCON1C(=O)C(c2c(C)cc(Cl)cc2C)=C(OC)C12CCN(OC)CC2. The van der Waals surface area contributed by atoms with E-state index in [2.05, 4.69) is 0 Å². The topological polar surface area (TPSA) is 51.2 Å². The van der Waals surface area contributed by atoms with Gasteiger partial charge in [0.05, 0.1) is 26.4 Å². The minimum absolute atomic E-state index is 0.159. The number of amides is 1. The van der Waals surface area contributed by atoms with Gasteiger partial charge in [0, 0.05) is 18.1 Å². The van der Waals surface area contributed by atoms with Gasteiger partial charge in [0.25, 0.3) is 5.91 Å². The molecule has 1 aromatic carbocycles. The number of piperidine rings is 1. The zero-order chi connectivity index (χ0) is 19.8. The highest BCUT2D eigenvalue weighted by atomic mass is 35.5. The summed E-state index contributed by atoms with van der Waals surface area (Å²) in [6.45, 7) is 7.59. The van der Waals surface area contributed by atoms with Gasteiger partial charge in [0.15, 0.2) is 0 Å². The standard InChI is InChI=1S/C20H27ClN2O4/c1-6-27-23-19(24)17(16-13(2)11-15(21)12-14(16)3)18(25-4)20(23)7-9-22(26-5)10-8-20/h11-12H,6-10H2,1-5H3. The van der Waals surface area contributed by atoms with E-state index < -0.39 is 5.54 Å². The number of halogens is 1. The van der Waals surface area contributed by atoms with Crippen LogP contribution >= 0.6 is 11.6 Å². The van der Waals surface area contributed by atoms with Crippen molar-refractivity contribution in [2.24, 2.45) is 0 Å². The molecule has 27 heavy (non-hydrogen) atoms. The van der Waals surface area contributed by atoms with Gasteiger partial charge in [-0.1, -0.05) is 11.6 Å². The van der Waals surface area contributed by atoms with Gasteiger partial charge in [0.2, 0.25) is 0 Å². The highest BCUT2D eigenvalue weighted by Crippen LogP contribution is 2.48. The fourth-order valence-electron chi connectivity index (χ4n) is 4.32. The van der Waals surface area contributed by atoms with E-state index in [1.54, 1.807) is 14.2 Å². The van der Waals surface area contributed by atoms with E-state index in [9.17, 15) is 4.79 Å². The number of aryl methyl sites for hydroxylation is 2. The Bertz CT molecular complexity index is 746. The van der Waals surface area contributed by atoms with Crippen LogP contribution in [0, 0.1) is 13.8 Å². The molecule has 0 unspecified atom stereocenters. The van der Waals surface area contributed by atoms with Crippen molar-refractivity contribution in [2.45, 2.75) is 39.2 Å². The van der Waals surface area contributed by atoms with E-state index in [0.717, 1.165) is 16.7 Å². The summed E-state index contributed by atoms with van der Waals surface area (Å²) < 4.78 is 5.87. The second kappa shape index (κ2) is 7.80. The quantitative estimate of drug-likeness (QED) is 0.765. The summed E-state index contributed by atoms with van der Waals surface area (Å²) in [6, 6.07) is 3.75. The third-order valence-corrected chi connectivity index (χ3v) is 5.67. The van der Waals surface area contributed by atoms with Crippen LogP contribution in [0.4, 0.5) is 0 Å². The van der Waals surface area contributed by atoms with Crippen molar-refractivity contribution in [3.63, 3.8) is 0 Å². The molecule has 2 heterocycles. The minimum Gasteiger partial charge on any atom is -0.498 e. The van der Waals surface area contributed by atoms with E-state index in [1.807, 2.05) is 38.0 Å². The number of hydrogen-bond acceptors (Lipinski definition) is 5. The lowest BCUT2D eigenvalue weighted by molar-refractivity contribution is -0.231. The summed E-state index contributed by atoms with van der Waals surface area (Å²) in [5, 5.41) is 4.08. The molecule has 3 rings (SSSR count). The van der Waals surface area contributed by atoms with Gasteiger partial charge in [-0.2, -0.15) is 5.06 Å². The zero-order valence-electron chi connectivity index (χ0n) is 16.6. The molecule has 0 N–H and O–H groups in total. The molecule has 2 aliphatic rings. The first-order valence-electron chi connectivity index (χ1n) is 9.22. The van der Waals surface area contributed by atoms with Crippen molar-refractivity contribution in [3.05, 3.63) is 39.6 Å². The Morgan fingerprint density at radius 2 is 1.74 bits per heavy atom. The Balaban J connectivity index is 2.17. The summed E-state index contributed by atoms with van der Waals surface area (Å²) in [5.74, 6) is 0.512. The highest BCUT2D eigenvalue weighted by molar-refractivity contribution is 6.31. The monoisotopic (exact) mass is 394 g/mol. The second-order valence-corrected chi connectivity index (χ2v) is 7.42. The highest BCUT2D eigenvalue weighted by Gasteiger charge is 2.56. The van der Waals surface area contributed by atoms with Crippen LogP contribution in [0.15, 0.2) is 17.9 Å². The first-order chi connectivity index (χ1) is 12.9. The van der Waals surface area contributed by atoms with Crippen LogP contribution in [-0.4, -0.2) is 55.5 Å². The Morgan fingerprint density at radius 3 is 2.22 bits per heavy atom. The number of carbonyl (C=O) groups is 1. The van der Waals surface area contributed by atoms with Crippen molar-refractivity contribution in [2.75, 3.05) is 33.9 Å². The van der Waals surface area contributed by atoms with Gasteiger partial charge in [-0.05, 0) is 62.4 Å². The molecule has 0 aliphatic carbocycles. The van der Waals surface area contributed by atoms with Gasteiger partial charge in [-0.3, -0.25) is 9.63 Å². The third kappa shape index (κ3) is 3.25. The summed E-state index contributed by atoms with van der Waals surface area (Å²) in [4.78, 5) is 24.7. The smallest absolute Gasteiger partial charge is 0.282 e. The van der Waals surface area contributed by atoms with Crippen molar-refractivity contribution >= 4 is 23.1 Å². The first kappa shape index (κ1) is 20.1. The van der Waals surface area contributed by atoms with Crippen LogP contribution in [0.5, 0.6) is 0 Å². The van der Waals surface area contributed by atoms with E-state index in [-0.39, 0.29) is 5.91 Å². The molecule has 1 aromatic rings. The van der Waals surface area contributed by atoms with Gasteiger partial charge < -0.3 is 9.57 Å². The van der Waals surface area contributed by atoms with Gasteiger partial charge in [-0.15, -0.1) is 0 Å². The first-order valence-corrected chi connectivity index (χ1v) is 9.59. The molecular weight excluding hydrogens is 368 g/mol. The largest absolute Gasteiger partial charge is 0.498 e. The van der Waals surface area contributed by atoms with Crippen LogP contribution in [0.3, 0.4) is 0 Å².